The zero-order valence-corrected chi connectivity index (χ0v) is 16.0. The minimum Gasteiger partial charge on any atom is -0.294 e. The fourth-order valence-corrected chi connectivity index (χ4v) is 5.70. The maximum absolute atomic E-state index is 13.2. The summed E-state index contributed by atoms with van der Waals surface area (Å²) in [7, 11) is 0. The number of carbonyl (C=O) groups is 3. The van der Waals surface area contributed by atoms with Crippen LogP contribution in [0.2, 0.25) is 5.02 Å². The second kappa shape index (κ2) is 5.68. The maximum Gasteiger partial charge on any atom is 0.235 e. The topological polar surface area (TPSA) is 57.7 Å². The lowest BCUT2D eigenvalue weighted by Gasteiger charge is -2.37. The van der Waals surface area contributed by atoms with Crippen LogP contribution in [0.4, 0.5) is 5.69 Å². The van der Waals surface area contributed by atoms with Crippen LogP contribution in [0.1, 0.15) is 18.9 Å². The number of carbonyl (C=O) groups excluding carboxylic acids is 3. The smallest absolute Gasteiger partial charge is 0.235 e. The van der Waals surface area contributed by atoms with Crippen LogP contribution in [0.5, 0.6) is 0 Å². The minimum atomic E-state index is -0.245. The summed E-state index contributed by atoms with van der Waals surface area (Å²) in [6, 6.07) is 5.32. The lowest BCUT2D eigenvalue weighted by atomic mass is 9.63. The van der Waals surface area contributed by atoms with E-state index in [2.05, 4.69) is 12.2 Å². The standard InChI is InChI=1S/C21H21ClN2O3/c1-10-16(22)4-3-5-17(10)23(11(2)25)9-24-20(26)18-12-6-7-13(15-8-14(12)15)19(18)21(24)27/h3-7,12-15,18-19H,8-9H2,1-2H3/t12-,13+,14-,15-,18+,19+/m1/s1. The Kier molecular flexibility index (Phi) is 3.57. The first kappa shape index (κ1) is 17.0. The van der Waals surface area contributed by atoms with Gasteiger partial charge < -0.3 is 0 Å². The van der Waals surface area contributed by atoms with Crippen molar-refractivity contribution in [2.75, 3.05) is 11.6 Å². The fourth-order valence-electron chi connectivity index (χ4n) is 5.53. The molecule has 2 saturated carbocycles. The highest BCUT2D eigenvalue weighted by atomic mass is 35.5. The number of anilines is 1. The van der Waals surface area contributed by atoms with Gasteiger partial charge in [0.05, 0.1) is 11.8 Å². The highest BCUT2D eigenvalue weighted by molar-refractivity contribution is 6.31. The lowest BCUT2D eigenvalue weighted by molar-refractivity contribution is -0.140. The Labute approximate surface area is 163 Å². The van der Waals surface area contributed by atoms with Crippen LogP contribution >= 0.6 is 11.6 Å². The SMILES string of the molecule is CC(=O)N(CN1C(=O)[C@H]2[C@@H]3C=C[C@@H]([C@H]4C[C@H]34)[C@@H]2C1=O)c1cccc(Cl)c1C. The molecule has 6 rings (SSSR count). The Balaban J connectivity index is 1.47. The summed E-state index contributed by atoms with van der Waals surface area (Å²) in [5, 5.41) is 0.550. The molecule has 6 heteroatoms. The molecule has 1 saturated heterocycles. The number of hydrogen-bond acceptors (Lipinski definition) is 3. The van der Waals surface area contributed by atoms with Crippen LogP contribution in [0.25, 0.3) is 0 Å². The lowest BCUT2D eigenvalue weighted by Crippen LogP contribution is -2.44. The van der Waals surface area contributed by atoms with E-state index >= 15 is 0 Å². The third kappa shape index (κ3) is 2.27. The third-order valence-electron chi connectivity index (χ3n) is 6.95. The van der Waals surface area contributed by atoms with Gasteiger partial charge in [-0.1, -0.05) is 29.8 Å². The maximum atomic E-state index is 13.2. The van der Waals surface area contributed by atoms with Gasteiger partial charge in [-0.25, -0.2) is 0 Å². The van der Waals surface area contributed by atoms with Gasteiger partial charge in [0.1, 0.15) is 6.67 Å². The zero-order valence-electron chi connectivity index (χ0n) is 15.3. The Morgan fingerprint density at radius 3 is 2.30 bits per heavy atom. The van der Waals surface area contributed by atoms with Gasteiger partial charge >= 0.3 is 0 Å². The second-order valence-electron chi connectivity index (χ2n) is 8.23. The number of halogens is 1. The molecule has 6 atom stereocenters. The Morgan fingerprint density at radius 1 is 1.15 bits per heavy atom. The molecule has 1 aliphatic heterocycles. The summed E-state index contributed by atoms with van der Waals surface area (Å²) in [5.74, 6) is 0.543. The highest BCUT2D eigenvalue weighted by Crippen LogP contribution is 2.65. The van der Waals surface area contributed by atoms with Crippen molar-refractivity contribution in [3.63, 3.8) is 0 Å². The normalized spacial score (nSPS) is 35.3. The average Bonchev–Trinajstić information content (AvgIpc) is 3.42. The van der Waals surface area contributed by atoms with Gasteiger partial charge in [-0.05, 0) is 54.7 Å². The molecule has 27 heavy (non-hydrogen) atoms. The number of imide groups is 1. The third-order valence-corrected chi connectivity index (χ3v) is 7.36. The summed E-state index contributed by atoms with van der Waals surface area (Å²) in [5.41, 5.74) is 1.39. The van der Waals surface area contributed by atoms with Crippen LogP contribution in [0.3, 0.4) is 0 Å². The number of likely N-dealkylation sites (tertiary alicyclic amines) is 1. The monoisotopic (exact) mass is 384 g/mol. The van der Waals surface area contributed by atoms with Crippen LogP contribution in [0, 0.1) is 42.4 Å². The van der Waals surface area contributed by atoms with E-state index in [-0.39, 0.29) is 48.1 Å². The summed E-state index contributed by atoms with van der Waals surface area (Å²) in [4.78, 5) is 41.4. The van der Waals surface area contributed by atoms with Crippen molar-refractivity contribution in [2.24, 2.45) is 35.5 Å². The zero-order chi connectivity index (χ0) is 19.0. The number of rotatable bonds is 3. The van der Waals surface area contributed by atoms with Gasteiger partial charge in [-0.3, -0.25) is 24.2 Å². The van der Waals surface area contributed by atoms with Crippen molar-refractivity contribution < 1.29 is 14.4 Å². The molecule has 2 bridgehead atoms. The van der Waals surface area contributed by atoms with Crippen LogP contribution < -0.4 is 4.90 Å². The van der Waals surface area contributed by atoms with Crippen molar-refractivity contribution in [1.29, 1.82) is 0 Å². The predicted octanol–water partition coefficient (Wildman–Crippen LogP) is 3.01. The summed E-state index contributed by atoms with van der Waals surface area (Å²) in [6.07, 6.45) is 5.44. The minimum absolute atomic E-state index is 0.0457. The van der Waals surface area contributed by atoms with Gasteiger partial charge in [0.2, 0.25) is 17.7 Å². The quantitative estimate of drug-likeness (QED) is 0.594. The molecule has 4 aliphatic carbocycles. The number of amides is 3. The molecule has 0 aromatic heterocycles. The van der Waals surface area contributed by atoms with E-state index in [1.807, 2.05) is 6.92 Å². The van der Waals surface area contributed by atoms with E-state index < -0.39 is 0 Å². The molecule has 3 fully saturated rings. The van der Waals surface area contributed by atoms with Crippen molar-refractivity contribution in [3.05, 3.63) is 40.9 Å². The predicted molar refractivity (Wildman–Crippen MR) is 101 cm³/mol. The molecule has 0 N–H and O–H groups in total. The van der Waals surface area contributed by atoms with E-state index in [4.69, 9.17) is 11.6 Å². The summed E-state index contributed by atoms with van der Waals surface area (Å²) < 4.78 is 0. The summed E-state index contributed by atoms with van der Waals surface area (Å²) in [6.45, 7) is 3.23. The van der Waals surface area contributed by atoms with Gasteiger partial charge in [0.15, 0.2) is 0 Å². The van der Waals surface area contributed by atoms with E-state index in [9.17, 15) is 14.4 Å². The molecule has 0 unspecified atom stereocenters. The van der Waals surface area contributed by atoms with Crippen molar-refractivity contribution >= 4 is 35.0 Å². The first-order chi connectivity index (χ1) is 12.9. The van der Waals surface area contributed by atoms with Crippen LogP contribution in [0.15, 0.2) is 30.4 Å². The molecule has 3 amide bonds. The molecular weight excluding hydrogens is 364 g/mol. The van der Waals surface area contributed by atoms with E-state index in [1.165, 1.54) is 16.7 Å². The van der Waals surface area contributed by atoms with E-state index in [0.717, 1.165) is 12.0 Å². The van der Waals surface area contributed by atoms with Crippen LogP contribution in [-0.2, 0) is 14.4 Å². The number of allylic oxidation sites excluding steroid dienone is 2. The number of benzene rings is 1. The largest absolute Gasteiger partial charge is 0.294 e. The van der Waals surface area contributed by atoms with Crippen molar-refractivity contribution in [3.8, 4) is 0 Å². The molecular formula is C21H21ClN2O3. The van der Waals surface area contributed by atoms with Crippen molar-refractivity contribution in [1.82, 2.24) is 4.90 Å². The number of hydrogen-bond donors (Lipinski definition) is 0. The average molecular weight is 385 g/mol. The Bertz CT molecular complexity index is 875. The Morgan fingerprint density at radius 2 is 1.74 bits per heavy atom. The summed E-state index contributed by atoms with van der Waals surface area (Å²) >= 11 is 6.21. The molecule has 1 aromatic carbocycles. The Hall–Kier alpha value is -2.14. The molecule has 1 heterocycles. The van der Waals surface area contributed by atoms with E-state index in [1.54, 1.807) is 18.2 Å². The number of nitrogens with zero attached hydrogens (tertiary/aromatic N) is 2. The first-order valence-electron chi connectivity index (χ1n) is 9.47. The van der Waals surface area contributed by atoms with Crippen molar-refractivity contribution in [2.45, 2.75) is 20.3 Å². The van der Waals surface area contributed by atoms with Crippen LogP contribution in [-0.4, -0.2) is 29.3 Å². The first-order valence-corrected chi connectivity index (χ1v) is 9.84. The second-order valence-corrected chi connectivity index (χ2v) is 8.64. The van der Waals surface area contributed by atoms with Gasteiger partial charge in [-0.2, -0.15) is 0 Å². The molecule has 0 radical (unpaired) electrons. The molecule has 5 nitrogen and oxygen atoms in total. The van der Waals surface area contributed by atoms with Gasteiger partial charge in [0, 0.05) is 17.6 Å². The fraction of sp³-hybridized carbons (Fsp3) is 0.476. The van der Waals surface area contributed by atoms with Gasteiger partial charge in [-0.15, -0.1) is 0 Å². The molecule has 5 aliphatic rings. The molecule has 1 aromatic rings. The van der Waals surface area contributed by atoms with Gasteiger partial charge in [0.25, 0.3) is 0 Å². The molecule has 0 spiro atoms. The molecule has 140 valence electrons. The highest BCUT2D eigenvalue weighted by Gasteiger charge is 2.67. The van der Waals surface area contributed by atoms with E-state index in [0.29, 0.717) is 22.5 Å².